The molecule has 2 amide bonds. The van der Waals surface area contributed by atoms with Crippen molar-refractivity contribution in [1.82, 2.24) is 0 Å². The summed E-state index contributed by atoms with van der Waals surface area (Å²) >= 11 is 0. The third kappa shape index (κ3) is 3.65. The molecule has 0 atom stereocenters. The van der Waals surface area contributed by atoms with Crippen LogP contribution in [0.25, 0.3) is 0 Å². The molecule has 0 fully saturated rings. The summed E-state index contributed by atoms with van der Waals surface area (Å²) in [6.45, 7) is 7.88. The average molecular weight is 338 g/mol. The summed E-state index contributed by atoms with van der Waals surface area (Å²) in [5.74, 6) is 0.306. The van der Waals surface area contributed by atoms with E-state index >= 15 is 0 Å². The molecule has 1 aliphatic rings. The van der Waals surface area contributed by atoms with Crippen molar-refractivity contribution < 1.29 is 14.3 Å². The molecule has 3 rings (SSSR count). The molecule has 0 aromatic heterocycles. The van der Waals surface area contributed by atoms with E-state index in [-0.39, 0.29) is 11.8 Å². The van der Waals surface area contributed by atoms with E-state index in [9.17, 15) is 9.59 Å². The van der Waals surface area contributed by atoms with E-state index in [1.807, 2.05) is 45.9 Å². The van der Waals surface area contributed by atoms with E-state index in [0.29, 0.717) is 29.3 Å². The predicted molar refractivity (Wildman–Crippen MR) is 98.2 cm³/mol. The molecule has 2 aromatic carbocycles. The number of anilines is 2. The van der Waals surface area contributed by atoms with Crippen LogP contribution in [0.2, 0.25) is 0 Å². The van der Waals surface area contributed by atoms with Gasteiger partial charge in [-0.15, -0.1) is 0 Å². The molecule has 5 heteroatoms. The lowest BCUT2D eigenvalue weighted by Crippen LogP contribution is -2.33. The molecule has 0 saturated carbocycles. The Morgan fingerprint density at radius 1 is 1.12 bits per heavy atom. The molecule has 2 aromatic rings. The van der Waals surface area contributed by atoms with Crippen LogP contribution in [0.5, 0.6) is 5.75 Å². The van der Waals surface area contributed by atoms with E-state index < -0.39 is 5.41 Å². The number of carbonyl (C=O) groups is 2. The SMILES string of the molecule is Cc1cc(C)cc(C(=O)Nc2ccc3c(c2)NC(=O)C(C)(C)CO3)c1. The zero-order valence-electron chi connectivity index (χ0n) is 14.9. The highest BCUT2D eigenvalue weighted by Gasteiger charge is 2.32. The van der Waals surface area contributed by atoms with E-state index in [4.69, 9.17) is 4.74 Å². The number of rotatable bonds is 2. The predicted octanol–water partition coefficient (Wildman–Crippen LogP) is 3.91. The Hall–Kier alpha value is -2.82. The fourth-order valence-corrected chi connectivity index (χ4v) is 2.76. The summed E-state index contributed by atoms with van der Waals surface area (Å²) in [6.07, 6.45) is 0. The Bertz CT molecular complexity index is 836. The second-order valence-corrected chi connectivity index (χ2v) is 7.17. The number of ether oxygens (including phenoxy) is 1. The van der Waals surface area contributed by atoms with Crippen molar-refractivity contribution in [2.45, 2.75) is 27.7 Å². The maximum atomic E-state index is 12.5. The number of nitrogens with one attached hydrogen (secondary N) is 2. The van der Waals surface area contributed by atoms with Crippen molar-refractivity contribution in [3.63, 3.8) is 0 Å². The monoisotopic (exact) mass is 338 g/mol. The fourth-order valence-electron chi connectivity index (χ4n) is 2.76. The number of hydrogen-bond donors (Lipinski definition) is 2. The molecular weight excluding hydrogens is 316 g/mol. The van der Waals surface area contributed by atoms with Crippen LogP contribution in [0.3, 0.4) is 0 Å². The summed E-state index contributed by atoms with van der Waals surface area (Å²) in [7, 11) is 0. The van der Waals surface area contributed by atoms with Gasteiger partial charge in [0.05, 0.1) is 11.1 Å². The standard InChI is InChI=1S/C20H22N2O3/c1-12-7-13(2)9-14(8-12)18(23)21-15-5-6-17-16(10-15)22-19(24)20(3,4)11-25-17/h5-10H,11H2,1-4H3,(H,21,23)(H,22,24). The van der Waals surface area contributed by atoms with E-state index in [1.54, 1.807) is 18.2 Å². The topological polar surface area (TPSA) is 67.4 Å². The van der Waals surface area contributed by atoms with Gasteiger partial charge in [0.25, 0.3) is 5.91 Å². The number of carbonyl (C=O) groups excluding carboxylic acids is 2. The zero-order chi connectivity index (χ0) is 18.2. The third-order valence-corrected chi connectivity index (χ3v) is 4.17. The Kier molecular flexibility index (Phi) is 4.25. The molecule has 2 N–H and O–H groups in total. The number of amides is 2. The highest BCUT2D eigenvalue weighted by atomic mass is 16.5. The Labute approximate surface area is 147 Å². The lowest BCUT2D eigenvalue weighted by atomic mass is 9.94. The summed E-state index contributed by atoms with van der Waals surface area (Å²) in [6, 6.07) is 11.0. The minimum Gasteiger partial charge on any atom is -0.490 e. The zero-order valence-corrected chi connectivity index (χ0v) is 14.9. The summed E-state index contributed by atoms with van der Waals surface area (Å²) in [5, 5.41) is 5.74. The molecule has 0 spiro atoms. The molecule has 1 aliphatic heterocycles. The first-order valence-corrected chi connectivity index (χ1v) is 8.22. The van der Waals surface area contributed by atoms with E-state index in [2.05, 4.69) is 10.6 Å². The molecule has 0 aliphatic carbocycles. The highest BCUT2D eigenvalue weighted by Crippen LogP contribution is 2.34. The molecular formula is C20H22N2O3. The Balaban J connectivity index is 1.83. The lowest BCUT2D eigenvalue weighted by Gasteiger charge is -2.18. The summed E-state index contributed by atoms with van der Waals surface area (Å²) in [5.41, 5.74) is 3.24. The van der Waals surface area contributed by atoms with Gasteiger partial charge in [0.1, 0.15) is 12.4 Å². The van der Waals surface area contributed by atoms with E-state index in [0.717, 1.165) is 11.1 Å². The van der Waals surface area contributed by atoms with Crippen molar-refractivity contribution in [3.8, 4) is 5.75 Å². The van der Waals surface area contributed by atoms with Gasteiger partial charge in [-0.25, -0.2) is 0 Å². The molecule has 0 saturated heterocycles. The van der Waals surface area contributed by atoms with Crippen LogP contribution in [0, 0.1) is 19.3 Å². The lowest BCUT2D eigenvalue weighted by molar-refractivity contribution is -0.124. The van der Waals surface area contributed by atoms with Crippen LogP contribution in [-0.2, 0) is 4.79 Å². The van der Waals surface area contributed by atoms with Gasteiger partial charge in [-0.3, -0.25) is 9.59 Å². The largest absolute Gasteiger partial charge is 0.490 e. The van der Waals surface area contributed by atoms with Gasteiger partial charge >= 0.3 is 0 Å². The fraction of sp³-hybridized carbons (Fsp3) is 0.300. The van der Waals surface area contributed by atoms with Gasteiger partial charge in [0.2, 0.25) is 5.91 Å². The smallest absolute Gasteiger partial charge is 0.255 e. The molecule has 130 valence electrons. The third-order valence-electron chi connectivity index (χ3n) is 4.17. The second kappa shape index (κ2) is 6.24. The van der Waals surface area contributed by atoms with Gasteiger partial charge in [0.15, 0.2) is 0 Å². The summed E-state index contributed by atoms with van der Waals surface area (Å²) in [4.78, 5) is 24.7. The van der Waals surface area contributed by atoms with Gasteiger partial charge < -0.3 is 15.4 Å². The highest BCUT2D eigenvalue weighted by molar-refractivity contribution is 6.05. The number of fused-ring (bicyclic) bond motifs is 1. The minimum absolute atomic E-state index is 0.107. The van der Waals surface area contributed by atoms with Crippen molar-refractivity contribution in [2.24, 2.45) is 5.41 Å². The molecule has 0 radical (unpaired) electrons. The molecule has 5 nitrogen and oxygen atoms in total. The van der Waals surface area contributed by atoms with Crippen molar-refractivity contribution in [2.75, 3.05) is 17.2 Å². The van der Waals surface area contributed by atoms with Crippen LogP contribution in [0.4, 0.5) is 11.4 Å². The Morgan fingerprint density at radius 2 is 1.80 bits per heavy atom. The van der Waals surface area contributed by atoms with Crippen LogP contribution in [0.1, 0.15) is 35.3 Å². The van der Waals surface area contributed by atoms with Crippen molar-refractivity contribution in [3.05, 3.63) is 53.1 Å². The van der Waals surface area contributed by atoms with Crippen LogP contribution >= 0.6 is 0 Å². The molecule has 25 heavy (non-hydrogen) atoms. The normalized spacial score (nSPS) is 15.4. The first-order valence-electron chi connectivity index (χ1n) is 8.22. The number of hydrogen-bond acceptors (Lipinski definition) is 3. The van der Waals surface area contributed by atoms with Crippen molar-refractivity contribution >= 4 is 23.2 Å². The Morgan fingerprint density at radius 3 is 2.48 bits per heavy atom. The first-order chi connectivity index (χ1) is 11.7. The maximum absolute atomic E-state index is 12.5. The van der Waals surface area contributed by atoms with Crippen LogP contribution in [-0.4, -0.2) is 18.4 Å². The van der Waals surface area contributed by atoms with Gasteiger partial charge in [-0.05, 0) is 58.0 Å². The molecule has 0 unspecified atom stereocenters. The van der Waals surface area contributed by atoms with E-state index in [1.165, 1.54) is 0 Å². The molecule has 0 bridgehead atoms. The molecule has 1 heterocycles. The number of benzene rings is 2. The van der Waals surface area contributed by atoms with Crippen LogP contribution < -0.4 is 15.4 Å². The quantitative estimate of drug-likeness (QED) is 0.872. The maximum Gasteiger partial charge on any atom is 0.255 e. The summed E-state index contributed by atoms with van der Waals surface area (Å²) < 4.78 is 5.71. The average Bonchev–Trinajstić information content (AvgIpc) is 2.63. The van der Waals surface area contributed by atoms with Crippen molar-refractivity contribution in [1.29, 1.82) is 0 Å². The minimum atomic E-state index is -0.610. The van der Waals surface area contributed by atoms with Gasteiger partial charge in [-0.1, -0.05) is 17.2 Å². The first kappa shape index (κ1) is 17.0. The van der Waals surface area contributed by atoms with Gasteiger partial charge in [-0.2, -0.15) is 0 Å². The van der Waals surface area contributed by atoms with Gasteiger partial charge in [0, 0.05) is 11.3 Å². The number of aryl methyl sites for hydroxylation is 2. The second-order valence-electron chi connectivity index (χ2n) is 7.17. The van der Waals surface area contributed by atoms with Crippen LogP contribution in [0.15, 0.2) is 36.4 Å².